The molecule has 0 fully saturated rings. The van der Waals surface area contributed by atoms with Crippen LogP contribution in [-0.4, -0.2) is 5.78 Å². The van der Waals surface area contributed by atoms with Gasteiger partial charge in [0.05, 0.1) is 23.2 Å². The third kappa shape index (κ3) is 4.03. The molecule has 1 unspecified atom stereocenters. The van der Waals surface area contributed by atoms with E-state index in [2.05, 4.69) is 5.32 Å². The molecule has 0 bridgehead atoms. The van der Waals surface area contributed by atoms with E-state index in [-0.39, 0.29) is 28.5 Å². The molecular formula is C20H15ClF3N3O. The molecule has 0 spiro atoms. The number of carbonyl (C=O) groups excluding carboxylic acids is 1. The number of rotatable bonds is 4. The molecule has 0 radical (unpaired) electrons. The first-order chi connectivity index (χ1) is 13.2. The van der Waals surface area contributed by atoms with E-state index < -0.39 is 17.8 Å². The molecule has 0 saturated carbocycles. The number of nitrogens with two attached hydrogens (primary N) is 1. The molecule has 8 heteroatoms. The van der Waals surface area contributed by atoms with Gasteiger partial charge in [-0.15, -0.1) is 0 Å². The number of nitrogens with zero attached hydrogens (tertiary/aromatic N) is 1. The van der Waals surface area contributed by atoms with Gasteiger partial charge < -0.3 is 11.1 Å². The summed E-state index contributed by atoms with van der Waals surface area (Å²) in [4.78, 5) is 12.4. The number of hydrogen-bond acceptors (Lipinski definition) is 4. The number of allylic oxidation sites excluding steroid dienone is 1. The van der Waals surface area contributed by atoms with Crippen molar-refractivity contribution in [2.75, 3.05) is 5.32 Å². The molecular weight excluding hydrogens is 391 g/mol. The fraction of sp³-hybridized carbons (Fsp3) is 0.200. The van der Waals surface area contributed by atoms with Gasteiger partial charge in [0.2, 0.25) is 0 Å². The molecule has 1 atom stereocenters. The largest absolute Gasteiger partial charge is 0.416 e. The summed E-state index contributed by atoms with van der Waals surface area (Å²) in [5.41, 5.74) is 7.26. The van der Waals surface area contributed by atoms with Crippen molar-refractivity contribution in [2.24, 2.45) is 5.73 Å². The molecule has 1 aliphatic carbocycles. The number of alkyl halides is 3. The summed E-state index contributed by atoms with van der Waals surface area (Å²) in [7, 11) is 0. The fourth-order valence-corrected chi connectivity index (χ4v) is 3.42. The number of benzene rings is 2. The highest BCUT2D eigenvalue weighted by atomic mass is 35.5. The summed E-state index contributed by atoms with van der Waals surface area (Å²) in [6, 6.07) is 10.4. The normalized spacial score (nSPS) is 15.5. The highest BCUT2D eigenvalue weighted by Crippen LogP contribution is 2.36. The van der Waals surface area contributed by atoms with Crippen LogP contribution in [0.1, 0.15) is 35.6 Å². The van der Waals surface area contributed by atoms with Crippen LogP contribution >= 0.6 is 11.6 Å². The Bertz CT molecular complexity index is 1010. The van der Waals surface area contributed by atoms with E-state index in [4.69, 9.17) is 22.6 Å². The molecule has 0 aliphatic heterocycles. The lowest BCUT2D eigenvalue weighted by Gasteiger charge is -2.18. The summed E-state index contributed by atoms with van der Waals surface area (Å²) in [5.74, 6) is -0.192. The monoisotopic (exact) mass is 405 g/mol. The summed E-state index contributed by atoms with van der Waals surface area (Å²) >= 11 is 6.20. The van der Waals surface area contributed by atoms with Gasteiger partial charge in [0, 0.05) is 28.4 Å². The number of halogens is 4. The molecule has 0 heterocycles. The maximum atomic E-state index is 12.9. The van der Waals surface area contributed by atoms with E-state index in [0.29, 0.717) is 23.2 Å². The standard InChI is InChI=1S/C20H15ClF3N3O/c21-15-8-11(10-25)4-5-14(15)19(26)18-16(6-7-17(18)28)27-13-3-1-2-12(9-13)20(22,23)24/h1-5,8-9,19,27H,6-7,26H2. The van der Waals surface area contributed by atoms with Gasteiger partial charge in [0.25, 0.3) is 0 Å². The predicted molar refractivity (Wildman–Crippen MR) is 99.4 cm³/mol. The van der Waals surface area contributed by atoms with Crippen molar-refractivity contribution >= 4 is 23.1 Å². The highest BCUT2D eigenvalue weighted by molar-refractivity contribution is 6.31. The van der Waals surface area contributed by atoms with Gasteiger partial charge in [-0.25, -0.2) is 0 Å². The number of Topliss-reactive ketones (excluding diaryl/α,β-unsaturated/α-hetero) is 1. The second kappa shape index (κ2) is 7.66. The fourth-order valence-electron chi connectivity index (χ4n) is 3.12. The van der Waals surface area contributed by atoms with Crippen LogP contribution in [0, 0.1) is 11.3 Å². The van der Waals surface area contributed by atoms with Gasteiger partial charge in [0.15, 0.2) is 5.78 Å². The van der Waals surface area contributed by atoms with Crippen LogP contribution in [0.2, 0.25) is 5.02 Å². The van der Waals surface area contributed by atoms with Crippen molar-refractivity contribution in [3.8, 4) is 6.07 Å². The maximum Gasteiger partial charge on any atom is 0.416 e. The van der Waals surface area contributed by atoms with Crippen LogP contribution in [0.15, 0.2) is 53.7 Å². The summed E-state index contributed by atoms with van der Waals surface area (Å²) in [6.07, 6.45) is -3.92. The van der Waals surface area contributed by atoms with Crippen molar-refractivity contribution in [1.82, 2.24) is 0 Å². The summed E-state index contributed by atoms with van der Waals surface area (Å²) in [5, 5.41) is 12.1. The van der Waals surface area contributed by atoms with Crippen molar-refractivity contribution in [3.05, 3.63) is 75.4 Å². The Morgan fingerprint density at radius 2 is 1.93 bits per heavy atom. The average molecular weight is 406 g/mol. The number of nitriles is 1. The third-order valence-electron chi connectivity index (χ3n) is 4.49. The first kappa shape index (κ1) is 19.9. The first-order valence-corrected chi connectivity index (χ1v) is 8.74. The Labute approximate surface area is 164 Å². The Kier molecular flexibility index (Phi) is 5.45. The van der Waals surface area contributed by atoms with Crippen LogP contribution < -0.4 is 11.1 Å². The molecule has 144 valence electrons. The van der Waals surface area contributed by atoms with E-state index in [1.165, 1.54) is 18.2 Å². The van der Waals surface area contributed by atoms with Gasteiger partial charge in [-0.3, -0.25) is 4.79 Å². The lowest BCUT2D eigenvalue weighted by molar-refractivity contribution is -0.137. The van der Waals surface area contributed by atoms with Crippen molar-refractivity contribution in [3.63, 3.8) is 0 Å². The Morgan fingerprint density at radius 1 is 1.18 bits per heavy atom. The zero-order valence-corrected chi connectivity index (χ0v) is 15.2. The lowest BCUT2D eigenvalue weighted by atomic mass is 9.96. The molecule has 28 heavy (non-hydrogen) atoms. The van der Waals surface area contributed by atoms with Crippen LogP contribution in [0.3, 0.4) is 0 Å². The van der Waals surface area contributed by atoms with E-state index in [1.54, 1.807) is 12.1 Å². The second-order valence-electron chi connectivity index (χ2n) is 6.34. The lowest BCUT2D eigenvalue weighted by Crippen LogP contribution is -2.19. The minimum absolute atomic E-state index is 0.192. The third-order valence-corrected chi connectivity index (χ3v) is 4.82. The second-order valence-corrected chi connectivity index (χ2v) is 6.75. The number of carbonyl (C=O) groups is 1. The van der Waals surface area contributed by atoms with E-state index in [9.17, 15) is 18.0 Å². The summed E-state index contributed by atoms with van der Waals surface area (Å²) < 4.78 is 38.8. The molecule has 3 rings (SSSR count). The predicted octanol–water partition coefficient (Wildman–Crippen LogP) is 4.96. The number of hydrogen-bond donors (Lipinski definition) is 2. The molecule has 0 saturated heterocycles. The SMILES string of the molecule is N#Cc1ccc(C(N)C2=C(Nc3cccc(C(F)(F)F)c3)CCC2=O)c(Cl)c1. The number of nitrogens with one attached hydrogen (secondary N) is 1. The molecule has 4 nitrogen and oxygen atoms in total. The highest BCUT2D eigenvalue weighted by Gasteiger charge is 2.32. The Hall–Kier alpha value is -2.82. The maximum absolute atomic E-state index is 12.9. The van der Waals surface area contributed by atoms with E-state index in [1.807, 2.05) is 6.07 Å². The smallest absolute Gasteiger partial charge is 0.358 e. The van der Waals surface area contributed by atoms with Crippen LogP contribution in [0.5, 0.6) is 0 Å². The Balaban J connectivity index is 1.96. The zero-order valence-electron chi connectivity index (χ0n) is 14.5. The Morgan fingerprint density at radius 3 is 2.57 bits per heavy atom. The van der Waals surface area contributed by atoms with Gasteiger partial charge in [0.1, 0.15) is 0 Å². The van der Waals surface area contributed by atoms with Crippen LogP contribution in [0.25, 0.3) is 0 Å². The van der Waals surface area contributed by atoms with E-state index in [0.717, 1.165) is 12.1 Å². The topological polar surface area (TPSA) is 78.9 Å². The van der Waals surface area contributed by atoms with E-state index >= 15 is 0 Å². The average Bonchev–Trinajstić information content (AvgIpc) is 3.00. The molecule has 3 N–H and O–H groups in total. The van der Waals surface area contributed by atoms with Crippen molar-refractivity contribution in [2.45, 2.75) is 25.1 Å². The van der Waals surface area contributed by atoms with Gasteiger partial charge in [-0.1, -0.05) is 23.7 Å². The quantitative estimate of drug-likeness (QED) is 0.753. The van der Waals surface area contributed by atoms with Crippen LogP contribution in [0.4, 0.5) is 18.9 Å². The van der Waals surface area contributed by atoms with Crippen molar-refractivity contribution in [1.29, 1.82) is 5.26 Å². The van der Waals surface area contributed by atoms with Crippen molar-refractivity contribution < 1.29 is 18.0 Å². The minimum Gasteiger partial charge on any atom is -0.358 e. The molecule has 0 aromatic heterocycles. The number of anilines is 1. The minimum atomic E-state index is -4.47. The van der Waals surface area contributed by atoms with Gasteiger partial charge in [-0.05, 0) is 42.3 Å². The van der Waals surface area contributed by atoms with Gasteiger partial charge >= 0.3 is 6.18 Å². The molecule has 0 amide bonds. The number of ketones is 1. The molecule has 2 aromatic rings. The molecule has 2 aromatic carbocycles. The first-order valence-electron chi connectivity index (χ1n) is 8.36. The van der Waals surface area contributed by atoms with Crippen LogP contribution in [-0.2, 0) is 11.0 Å². The summed E-state index contributed by atoms with van der Waals surface area (Å²) in [6.45, 7) is 0. The zero-order chi connectivity index (χ0) is 20.5. The van der Waals surface area contributed by atoms with Gasteiger partial charge in [-0.2, -0.15) is 18.4 Å². The molecule has 1 aliphatic rings.